The molecular weight excluding hydrogens is 482 g/mol. The molecule has 1 amide bonds. The molecule has 196 valence electrons. The van der Waals surface area contributed by atoms with Gasteiger partial charge in [0, 0.05) is 44.1 Å². The van der Waals surface area contributed by atoms with Crippen LogP contribution < -0.4 is 4.74 Å². The summed E-state index contributed by atoms with van der Waals surface area (Å²) in [4.78, 5) is 34.3. The molecule has 1 N–H and O–H groups in total. The molecule has 0 spiro atoms. The summed E-state index contributed by atoms with van der Waals surface area (Å²) < 4.78 is 11.3. The summed E-state index contributed by atoms with van der Waals surface area (Å²) in [5.74, 6) is -0.839. The van der Waals surface area contributed by atoms with Crippen molar-refractivity contribution in [2.45, 2.75) is 19.1 Å². The number of rotatable bonds is 9. The number of ketones is 1. The fourth-order valence-electron chi connectivity index (χ4n) is 4.90. The van der Waals surface area contributed by atoms with Crippen molar-refractivity contribution in [3.8, 4) is 5.75 Å². The third-order valence-corrected chi connectivity index (χ3v) is 6.91. The van der Waals surface area contributed by atoms with E-state index in [0.717, 1.165) is 30.8 Å². The van der Waals surface area contributed by atoms with Crippen LogP contribution in [-0.4, -0.2) is 71.0 Å². The van der Waals surface area contributed by atoms with Crippen LogP contribution in [0, 0.1) is 0 Å². The largest absolute Gasteiger partial charge is 0.507 e. The molecule has 8 nitrogen and oxygen atoms in total. The average Bonchev–Trinajstić information content (AvgIpc) is 3.22. The summed E-state index contributed by atoms with van der Waals surface area (Å²) in [5, 5.41) is 11.3. The van der Waals surface area contributed by atoms with Gasteiger partial charge in [-0.05, 0) is 53.9 Å². The lowest BCUT2D eigenvalue weighted by Gasteiger charge is -2.29. The zero-order valence-corrected chi connectivity index (χ0v) is 21.2. The van der Waals surface area contributed by atoms with Crippen LogP contribution in [0.1, 0.15) is 29.2 Å². The smallest absolute Gasteiger partial charge is 0.295 e. The third-order valence-electron chi connectivity index (χ3n) is 6.91. The number of aliphatic hydroxyl groups is 1. The van der Waals surface area contributed by atoms with Gasteiger partial charge in [-0.25, -0.2) is 0 Å². The maximum atomic E-state index is 13.2. The highest BCUT2D eigenvalue weighted by molar-refractivity contribution is 6.46. The van der Waals surface area contributed by atoms with Gasteiger partial charge in [-0.3, -0.25) is 19.5 Å². The second-order valence-corrected chi connectivity index (χ2v) is 9.38. The first-order valence-electron chi connectivity index (χ1n) is 12.9. The first kappa shape index (κ1) is 25.6. The Balaban J connectivity index is 1.37. The zero-order valence-electron chi connectivity index (χ0n) is 21.2. The molecule has 5 rings (SSSR count). The molecule has 3 aromatic rings. The van der Waals surface area contributed by atoms with E-state index in [1.807, 2.05) is 30.3 Å². The number of hydrogen-bond donors (Lipinski definition) is 1. The predicted molar refractivity (Wildman–Crippen MR) is 142 cm³/mol. The van der Waals surface area contributed by atoms with E-state index >= 15 is 0 Å². The van der Waals surface area contributed by atoms with Crippen molar-refractivity contribution in [1.82, 2.24) is 14.8 Å². The third kappa shape index (κ3) is 5.77. The van der Waals surface area contributed by atoms with Crippen LogP contribution in [0.5, 0.6) is 5.75 Å². The molecule has 1 aromatic heterocycles. The number of benzene rings is 2. The molecule has 1 unspecified atom stereocenters. The molecule has 2 aromatic carbocycles. The maximum absolute atomic E-state index is 13.2. The van der Waals surface area contributed by atoms with E-state index in [0.29, 0.717) is 44.1 Å². The van der Waals surface area contributed by atoms with Crippen LogP contribution in [0.2, 0.25) is 0 Å². The van der Waals surface area contributed by atoms with Crippen LogP contribution in [0.15, 0.2) is 84.7 Å². The van der Waals surface area contributed by atoms with Gasteiger partial charge in [-0.15, -0.1) is 0 Å². The van der Waals surface area contributed by atoms with Gasteiger partial charge in [0.05, 0.1) is 24.8 Å². The van der Waals surface area contributed by atoms with Crippen molar-refractivity contribution >= 4 is 17.4 Å². The van der Waals surface area contributed by atoms with Gasteiger partial charge < -0.3 is 19.5 Å². The number of Topliss-reactive ketones (excluding diaryl/α,β-unsaturated/α-hetero) is 1. The predicted octanol–water partition coefficient (Wildman–Crippen LogP) is 3.80. The average molecular weight is 514 g/mol. The second kappa shape index (κ2) is 12.0. The van der Waals surface area contributed by atoms with E-state index in [1.165, 1.54) is 0 Å². The van der Waals surface area contributed by atoms with Crippen molar-refractivity contribution in [1.29, 1.82) is 0 Å². The Morgan fingerprint density at radius 1 is 0.947 bits per heavy atom. The number of carbonyl (C=O) groups is 2. The Labute approximate surface area is 222 Å². The minimum absolute atomic E-state index is 0.0885. The van der Waals surface area contributed by atoms with Crippen LogP contribution in [0.4, 0.5) is 0 Å². The normalized spacial score (nSPS) is 19.6. The molecule has 0 saturated carbocycles. The van der Waals surface area contributed by atoms with E-state index < -0.39 is 17.7 Å². The molecule has 38 heavy (non-hydrogen) atoms. The molecular formula is C30H31N3O5. The zero-order chi connectivity index (χ0) is 26.3. The SMILES string of the molecule is O=C1C(=O)N(CCCN2CCOCC2)C(c2ccncc2)/C1=C(\O)c1ccc(OCc2ccccc2)cc1. The van der Waals surface area contributed by atoms with Gasteiger partial charge >= 0.3 is 0 Å². The molecule has 2 aliphatic rings. The fraction of sp³-hybridized carbons (Fsp3) is 0.300. The Morgan fingerprint density at radius 2 is 1.66 bits per heavy atom. The van der Waals surface area contributed by atoms with Crippen molar-refractivity contribution in [3.63, 3.8) is 0 Å². The lowest BCUT2D eigenvalue weighted by atomic mass is 9.96. The van der Waals surface area contributed by atoms with Crippen LogP contribution >= 0.6 is 0 Å². The van der Waals surface area contributed by atoms with Gasteiger partial charge in [0.25, 0.3) is 11.7 Å². The molecule has 3 heterocycles. The summed E-state index contributed by atoms with van der Waals surface area (Å²) in [6.45, 7) is 4.76. The summed E-state index contributed by atoms with van der Waals surface area (Å²) >= 11 is 0. The number of aromatic nitrogens is 1. The monoisotopic (exact) mass is 513 g/mol. The van der Waals surface area contributed by atoms with Crippen LogP contribution in [0.3, 0.4) is 0 Å². The van der Waals surface area contributed by atoms with Gasteiger partial charge in [0.2, 0.25) is 0 Å². The highest BCUT2D eigenvalue weighted by Crippen LogP contribution is 2.39. The number of aliphatic hydroxyl groups excluding tert-OH is 1. The standard InChI is InChI=1S/C30H31N3O5/c34-28(24-7-9-25(10-8-24)38-21-22-5-2-1-3-6-22)26-27(23-11-13-31-14-12-23)33(30(36)29(26)35)16-4-15-32-17-19-37-20-18-32/h1-3,5-14,27,34H,4,15-21H2/b28-26+. The highest BCUT2D eigenvalue weighted by Gasteiger charge is 2.45. The number of hydrogen-bond acceptors (Lipinski definition) is 7. The van der Waals surface area contributed by atoms with Gasteiger partial charge in [-0.1, -0.05) is 30.3 Å². The van der Waals surface area contributed by atoms with Crippen molar-refractivity contribution < 1.29 is 24.2 Å². The number of pyridine rings is 1. The van der Waals surface area contributed by atoms with Crippen molar-refractivity contribution in [2.75, 3.05) is 39.4 Å². The first-order valence-corrected chi connectivity index (χ1v) is 12.9. The lowest BCUT2D eigenvalue weighted by molar-refractivity contribution is -0.140. The van der Waals surface area contributed by atoms with E-state index in [2.05, 4.69) is 9.88 Å². The van der Waals surface area contributed by atoms with Crippen molar-refractivity contribution in [3.05, 3.63) is 101 Å². The molecule has 0 aliphatic carbocycles. The summed E-state index contributed by atoms with van der Waals surface area (Å²) in [6, 6.07) is 19.6. The second-order valence-electron chi connectivity index (χ2n) is 9.38. The number of amides is 1. The minimum atomic E-state index is -0.684. The first-order chi connectivity index (χ1) is 18.6. The molecule has 8 heteroatoms. The fourth-order valence-corrected chi connectivity index (χ4v) is 4.90. The number of likely N-dealkylation sites (tertiary alicyclic amines) is 1. The molecule has 2 aliphatic heterocycles. The lowest BCUT2D eigenvalue weighted by Crippen LogP contribution is -2.38. The van der Waals surface area contributed by atoms with E-state index in [9.17, 15) is 14.7 Å². The molecule has 1 atom stereocenters. The Morgan fingerprint density at radius 3 is 2.37 bits per heavy atom. The Kier molecular flexibility index (Phi) is 8.11. The molecule has 2 fully saturated rings. The topological polar surface area (TPSA) is 92.2 Å². The Hall–Kier alpha value is -4.01. The van der Waals surface area contributed by atoms with Crippen LogP contribution in [0.25, 0.3) is 5.76 Å². The molecule has 2 saturated heterocycles. The molecule has 0 radical (unpaired) electrons. The Bertz CT molecular complexity index is 1270. The van der Waals surface area contributed by atoms with Gasteiger partial charge in [-0.2, -0.15) is 0 Å². The van der Waals surface area contributed by atoms with Gasteiger partial charge in [0.1, 0.15) is 18.1 Å². The minimum Gasteiger partial charge on any atom is -0.507 e. The summed E-state index contributed by atoms with van der Waals surface area (Å²) in [7, 11) is 0. The number of morpholine rings is 1. The summed E-state index contributed by atoms with van der Waals surface area (Å²) in [6.07, 6.45) is 3.96. The maximum Gasteiger partial charge on any atom is 0.295 e. The van der Waals surface area contributed by atoms with E-state index in [-0.39, 0.29) is 11.3 Å². The quantitative estimate of drug-likeness (QED) is 0.264. The number of carbonyl (C=O) groups excluding carboxylic acids is 2. The molecule has 0 bridgehead atoms. The number of ether oxygens (including phenoxy) is 2. The van der Waals surface area contributed by atoms with Crippen molar-refractivity contribution in [2.24, 2.45) is 0 Å². The van der Waals surface area contributed by atoms with E-state index in [1.54, 1.807) is 53.7 Å². The van der Waals surface area contributed by atoms with E-state index in [4.69, 9.17) is 9.47 Å². The summed E-state index contributed by atoms with van der Waals surface area (Å²) in [5.41, 5.74) is 2.31. The van der Waals surface area contributed by atoms with Crippen LogP contribution in [-0.2, 0) is 20.9 Å². The van der Waals surface area contributed by atoms with Gasteiger partial charge in [0.15, 0.2) is 0 Å². The number of nitrogens with zero attached hydrogens (tertiary/aromatic N) is 3. The highest BCUT2D eigenvalue weighted by atomic mass is 16.5.